The Balaban J connectivity index is 2.19. The Kier molecular flexibility index (Phi) is 4.67. The van der Waals surface area contributed by atoms with Gasteiger partial charge >= 0.3 is 16.2 Å². The van der Waals surface area contributed by atoms with Gasteiger partial charge in [-0.3, -0.25) is 0 Å². The van der Waals surface area contributed by atoms with Crippen molar-refractivity contribution in [1.82, 2.24) is 18.2 Å². The highest BCUT2D eigenvalue weighted by Gasteiger charge is 2.29. The van der Waals surface area contributed by atoms with Crippen molar-refractivity contribution in [2.24, 2.45) is 0 Å². The number of nitrogens with zero attached hydrogens (tertiary/aromatic N) is 4. The maximum atomic E-state index is 13.2. The van der Waals surface area contributed by atoms with Gasteiger partial charge in [0.05, 0.1) is 23.7 Å². The number of aromatic nitrogens is 3. The summed E-state index contributed by atoms with van der Waals surface area (Å²) in [5.74, 6) is -0.985. The summed E-state index contributed by atoms with van der Waals surface area (Å²) >= 11 is 0. The molecule has 0 amide bonds. The third-order valence-electron chi connectivity index (χ3n) is 4.68. The molecule has 4 rings (SSSR count). The first-order valence-electron chi connectivity index (χ1n) is 8.87. The second kappa shape index (κ2) is 7.08. The minimum Gasteiger partial charge on any atom is -0.494 e. The number of imidazole rings is 1. The lowest BCUT2D eigenvalue weighted by Crippen LogP contribution is -2.29. The summed E-state index contributed by atoms with van der Waals surface area (Å²) in [6, 6.07) is 13.3. The maximum absolute atomic E-state index is 13.2. The van der Waals surface area contributed by atoms with Gasteiger partial charge < -0.3 is 9.84 Å². The number of methoxy groups -OCH3 is 1. The van der Waals surface area contributed by atoms with Crippen molar-refractivity contribution in [3.8, 4) is 17.3 Å². The Morgan fingerprint density at radius 2 is 1.83 bits per heavy atom. The number of carboxylic acid groups (broad SMARTS) is 1. The number of rotatable bonds is 5. The van der Waals surface area contributed by atoms with Crippen LogP contribution in [-0.2, 0) is 10.2 Å². The number of benzene rings is 2. The van der Waals surface area contributed by atoms with Crippen LogP contribution in [0.1, 0.15) is 10.4 Å². The van der Waals surface area contributed by atoms with Crippen LogP contribution in [0, 0.1) is 0 Å². The largest absolute Gasteiger partial charge is 0.494 e. The average molecular weight is 426 g/mol. The fraction of sp³-hybridized carbons (Fsp3) is 0.150. The van der Waals surface area contributed by atoms with Crippen molar-refractivity contribution in [1.29, 1.82) is 0 Å². The van der Waals surface area contributed by atoms with Crippen LogP contribution in [-0.4, -0.2) is 58.9 Å². The van der Waals surface area contributed by atoms with E-state index in [9.17, 15) is 18.3 Å². The standard InChI is InChI=1S/C20H18N4O5S/c1-23(2)30(27,28)24-15-9-6-10-16(29-3)18(15)22-19(24)17-13(20(25)26)11-12-7-4-5-8-14(12)21-17/h4-11H,1-3H3,(H,25,26). The third-order valence-corrected chi connectivity index (χ3v) is 6.44. The molecular formula is C20H18N4O5S. The molecule has 0 unspecified atom stereocenters. The number of fused-ring (bicyclic) bond motifs is 2. The van der Waals surface area contributed by atoms with Crippen LogP contribution in [0.3, 0.4) is 0 Å². The number of hydrogen-bond donors (Lipinski definition) is 1. The van der Waals surface area contributed by atoms with Crippen molar-refractivity contribution >= 4 is 38.1 Å². The van der Waals surface area contributed by atoms with Crippen LogP contribution in [0.5, 0.6) is 5.75 Å². The highest BCUT2D eigenvalue weighted by atomic mass is 32.2. The average Bonchev–Trinajstić information content (AvgIpc) is 3.12. The molecular weight excluding hydrogens is 408 g/mol. The van der Waals surface area contributed by atoms with Crippen LogP contribution < -0.4 is 4.74 Å². The second-order valence-electron chi connectivity index (χ2n) is 6.70. The molecule has 0 bridgehead atoms. The molecule has 0 saturated heterocycles. The van der Waals surface area contributed by atoms with Crippen LogP contribution >= 0.6 is 0 Å². The molecule has 0 aliphatic rings. The zero-order chi connectivity index (χ0) is 21.6. The van der Waals surface area contributed by atoms with Crippen molar-refractivity contribution in [2.75, 3.05) is 21.2 Å². The molecule has 4 aromatic rings. The van der Waals surface area contributed by atoms with Gasteiger partial charge in [0.1, 0.15) is 17.0 Å². The summed E-state index contributed by atoms with van der Waals surface area (Å²) in [5, 5.41) is 10.4. The van der Waals surface area contributed by atoms with Crippen LogP contribution in [0.15, 0.2) is 48.5 Å². The predicted octanol–water partition coefficient (Wildman–Crippen LogP) is 2.61. The smallest absolute Gasteiger partial charge is 0.338 e. The van der Waals surface area contributed by atoms with Crippen molar-refractivity contribution in [2.45, 2.75) is 0 Å². The van der Waals surface area contributed by atoms with Gasteiger partial charge in [0.15, 0.2) is 5.82 Å². The normalized spacial score (nSPS) is 12.0. The lowest BCUT2D eigenvalue weighted by molar-refractivity contribution is 0.0697. The summed E-state index contributed by atoms with van der Waals surface area (Å²) in [4.78, 5) is 20.9. The third kappa shape index (κ3) is 2.97. The number of para-hydroxylation sites is 2. The van der Waals surface area contributed by atoms with Gasteiger partial charge in [-0.25, -0.2) is 18.7 Å². The summed E-state index contributed by atoms with van der Waals surface area (Å²) in [6.07, 6.45) is 0. The Morgan fingerprint density at radius 3 is 2.50 bits per heavy atom. The van der Waals surface area contributed by atoms with Gasteiger partial charge in [0, 0.05) is 19.5 Å². The first-order chi connectivity index (χ1) is 14.3. The van der Waals surface area contributed by atoms with Gasteiger partial charge in [-0.15, -0.1) is 0 Å². The van der Waals surface area contributed by atoms with Crippen LogP contribution in [0.2, 0.25) is 0 Å². The fourth-order valence-corrected chi connectivity index (χ4v) is 4.28. The van der Waals surface area contributed by atoms with E-state index < -0.39 is 16.2 Å². The van der Waals surface area contributed by atoms with Crippen molar-refractivity contribution < 1.29 is 23.1 Å². The van der Waals surface area contributed by atoms with Gasteiger partial charge in [-0.1, -0.05) is 24.3 Å². The molecule has 30 heavy (non-hydrogen) atoms. The zero-order valence-electron chi connectivity index (χ0n) is 16.4. The minimum absolute atomic E-state index is 0.0510. The van der Waals surface area contributed by atoms with Gasteiger partial charge in [0.2, 0.25) is 0 Å². The van der Waals surface area contributed by atoms with E-state index in [-0.39, 0.29) is 28.1 Å². The Morgan fingerprint density at radius 1 is 1.10 bits per heavy atom. The van der Waals surface area contributed by atoms with E-state index in [1.807, 2.05) is 0 Å². The topological polar surface area (TPSA) is 115 Å². The van der Waals surface area contributed by atoms with E-state index in [0.717, 1.165) is 8.28 Å². The van der Waals surface area contributed by atoms with Gasteiger partial charge in [0.25, 0.3) is 0 Å². The predicted molar refractivity (Wildman–Crippen MR) is 112 cm³/mol. The quantitative estimate of drug-likeness (QED) is 0.522. The van der Waals surface area contributed by atoms with E-state index in [1.54, 1.807) is 42.5 Å². The molecule has 154 valence electrons. The summed E-state index contributed by atoms with van der Waals surface area (Å²) < 4.78 is 33.7. The van der Waals surface area contributed by atoms with Crippen LogP contribution in [0.25, 0.3) is 33.5 Å². The number of aromatic carboxylic acids is 1. The first-order valence-corrected chi connectivity index (χ1v) is 10.3. The molecule has 2 aromatic carbocycles. The molecule has 9 nitrogen and oxygen atoms in total. The summed E-state index contributed by atoms with van der Waals surface area (Å²) in [5.41, 5.74) is 0.851. The summed E-state index contributed by atoms with van der Waals surface area (Å²) in [6.45, 7) is 0. The monoisotopic (exact) mass is 426 g/mol. The molecule has 0 atom stereocenters. The highest BCUT2D eigenvalue weighted by molar-refractivity contribution is 7.87. The summed E-state index contributed by atoms with van der Waals surface area (Å²) in [7, 11) is 0.161. The molecule has 10 heteroatoms. The first kappa shape index (κ1) is 19.8. The molecule has 0 spiro atoms. The second-order valence-corrected chi connectivity index (χ2v) is 8.69. The van der Waals surface area contributed by atoms with Gasteiger partial charge in [-0.2, -0.15) is 12.7 Å². The molecule has 1 N–H and O–H groups in total. The molecule has 2 heterocycles. The Bertz CT molecular complexity index is 1410. The van der Waals surface area contributed by atoms with E-state index in [4.69, 9.17) is 4.74 Å². The molecule has 0 fully saturated rings. The van der Waals surface area contributed by atoms with E-state index >= 15 is 0 Å². The molecule has 2 aromatic heterocycles. The lowest BCUT2D eigenvalue weighted by Gasteiger charge is -2.16. The van der Waals surface area contributed by atoms with E-state index in [0.29, 0.717) is 16.7 Å². The van der Waals surface area contributed by atoms with Crippen molar-refractivity contribution in [3.05, 3.63) is 54.1 Å². The Hall–Kier alpha value is -3.50. The molecule has 0 aliphatic heterocycles. The fourth-order valence-electron chi connectivity index (χ4n) is 3.21. The molecule has 0 saturated carbocycles. The maximum Gasteiger partial charge on any atom is 0.338 e. The van der Waals surface area contributed by atoms with Crippen LogP contribution in [0.4, 0.5) is 0 Å². The number of pyridine rings is 1. The Labute approximate surface area is 172 Å². The number of carboxylic acids is 1. The molecule has 0 aliphatic carbocycles. The highest BCUT2D eigenvalue weighted by Crippen LogP contribution is 2.34. The molecule has 0 radical (unpaired) electrons. The van der Waals surface area contributed by atoms with E-state index in [2.05, 4.69) is 9.97 Å². The van der Waals surface area contributed by atoms with E-state index in [1.165, 1.54) is 27.3 Å². The number of carbonyl (C=O) groups is 1. The SMILES string of the molecule is COc1cccc2c1nc(-c1nc3ccccc3cc1C(=O)O)n2S(=O)(=O)N(C)C. The number of ether oxygens (including phenoxy) is 1. The van der Waals surface area contributed by atoms with Gasteiger partial charge in [-0.05, 0) is 24.3 Å². The zero-order valence-corrected chi connectivity index (χ0v) is 17.2. The minimum atomic E-state index is -4.06. The number of hydrogen-bond acceptors (Lipinski definition) is 6. The van der Waals surface area contributed by atoms with Crippen molar-refractivity contribution in [3.63, 3.8) is 0 Å². The lowest BCUT2D eigenvalue weighted by atomic mass is 10.1.